The number of nitrogens with zero attached hydrogens (tertiary/aromatic N) is 4. The van der Waals surface area contributed by atoms with Crippen molar-refractivity contribution in [3.63, 3.8) is 0 Å². The number of guanidine groups is 1. The third kappa shape index (κ3) is 3.81. The molecular weight excluding hydrogens is 276 g/mol. The van der Waals surface area contributed by atoms with E-state index < -0.39 is 0 Å². The van der Waals surface area contributed by atoms with Crippen LogP contribution in [0.25, 0.3) is 0 Å². The Kier molecular flexibility index (Phi) is 5.57. The summed E-state index contributed by atoms with van der Waals surface area (Å²) in [6, 6.07) is 0.0862. The number of ether oxygens (including phenoxy) is 1. The second-order valence-corrected chi connectivity index (χ2v) is 5.56. The highest BCUT2D eigenvalue weighted by Gasteiger charge is 2.21. The molecule has 1 aliphatic rings. The summed E-state index contributed by atoms with van der Waals surface area (Å²) in [5.41, 5.74) is 2.70. The molecule has 20 heavy (non-hydrogen) atoms. The van der Waals surface area contributed by atoms with Crippen molar-refractivity contribution in [2.24, 2.45) is 10.8 Å². The number of thiazole rings is 1. The number of piperazine rings is 1. The van der Waals surface area contributed by atoms with E-state index in [4.69, 9.17) is 10.6 Å². The maximum atomic E-state index is 5.59. The zero-order valence-corrected chi connectivity index (χ0v) is 12.8. The van der Waals surface area contributed by atoms with Crippen molar-refractivity contribution >= 4 is 22.4 Å². The molecular formula is C12H22N6OS. The highest BCUT2D eigenvalue weighted by Crippen LogP contribution is 2.18. The van der Waals surface area contributed by atoms with E-state index in [2.05, 4.69) is 25.2 Å². The average Bonchev–Trinajstić information content (AvgIpc) is 2.99. The fraction of sp³-hybridized carbons (Fsp3) is 0.667. The van der Waals surface area contributed by atoms with E-state index in [1.165, 1.54) is 0 Å². The normalized spacial score (nSPS) is 18.2. The Bertz CT molecular complexity index is 416. The molecule has 2 heterocycles. The Balaban J connectivity index is 1.91. The first kappa shape index (κ1) is 15.0. The van der Waals surface area contributed by atoms with E-state index in [1.807, 2.05) is 18.5 Å². The lowest BCUT2D eigenvalue weighted by Gasteiger charge is -2.36. The van der Waals surface area contributed by atoms with Crippen LogP contribution in [0.2, 0.25) is 0 Å². The Morgan fingerprint density at radius 3 is 2.85 bits per heavy atom. The number of nitrogens with two attached hydrogens (primary N) is 1. The number of hydrogen-bond acceptors (Lipinski definition) is 6. The van der Waals surface area contributed by atoms with Gasteiger partial charge in [0.25, 0.3) is 0 Å². The number of anilines is 1. The highest BCUT2D eigenvalue weighted by molar-refractivity contribution is 7.13. The van der Waals surface area contributed by atoms with Gasteiger partial charge in [0, 0.05) is 44.9 Å². The molecule has 1 saturated heterocycles. The molecule has 8 heteroatoms. The van der Waals surface area contributed by atoms with Gasteiger partial charge in [-0.1, -0.05) is 0 Å². The third-order valence-electron chi connectivity index (χ3n) is 3.15. The number of aliphatic imine (C=N–C) groups is 1. The highest BCUT2D eigenvalue weighted by atomic mass is 32.1. The molecule has 2 rings (SSSR count). The van der Waals surface area contributed by atoms with Crippen LogP contribution in [0, 0.1) is 0 Å². The van der Waals surface area contributed by atoms with Crippen molar-refractivity contribution in [2.45, 2.75) is 13.0 Å². The minimum Gasteiger partial charge on any atom is -0.382 e. The second-order valence-electron chi connectivity index (χ2n) is 4.69. The summed E-state index contributed by atoms with van der Waals surface area (Å²) >= 11 is 1.67. The molecule has 1 unspecified atom stereocenters. The van der Waals surface area contributed by atoms with Crippen molar-refractivity contribution in [3.05, 3.63) is 11.6 Å². The van der Waals surface area contributed by atoms with Crippen LogP contribution >= 0.6 is 11.3 Å². The lowest BCUT2D eigenvalue weighted by Crippen LogP contribution is -2.54. The summed E-state index contributed by atoms with van der Waals surface area (Å²) in [6.45, 7) is 6.20. The van der Waals surface area contributed by atoms with Gasteiger partial charge >= 0.3 is 0 Å². The topological polar surface area (TPSA) is 79.0 Å². The summed E-state index contributed by atoms with van der Waals surface area (Å²) in [6.07, 6.45) is 1.84. The second kappa shape index (κ2) is 7.41. The first-order chi connectivity index (χ1) is 9.74. The molecule has 1 atom stereocenters. The predicted octanol–water partition coefficient (Wildman–Crippen LogP) is 0.119. The molecule has 1 fully saturated rings. The van der Waals surface area contributed by atoms with E-state index in [0.717, 1.165) is 37.3 Å². The van der Waals surface area contributed by atoms with Crippen LogP contribution in [0.5, 0.6) is 0 Å². The SMILES string of the molecule is COCC(C)N=C(NN)N1CCN(c2nccs2)CC1. The van der Waals surface area contributed by atoms with Crippen LogP contribution < -0.4 is 16.2 Å². The number of rotatable bonds is 4. The van der Waals surface area contributed by atoms with Gasteiger partial charge in [-0.25, -0.2) is 15.8 Å². The molecule has 3 N–H and O–H groups in total. The van der Waals surface area contributed by atoms with Crippen molar-refractivity contribution in [1.82, 2.24) is 15.3 Å². The quantitative estimate of drug-likeness (QED) is 0.356. The zero-order chi connectivity index (χ0) is 14.4. The minimum atomic E-state index is 0.0862. The van der Waals surface area contributed by atoms with E-state index in [0.29, 0.717) is 6.61 Å². The van der Waals surface area contributed by atoms with Gasteiger partial charge in [0.2, 0.25) is 5.96 Å². The lowest BCUT2D eigenvalue weighted by atomic mass is 10.3. The molecule has 0 amide bonds. The Hall–Kier alpha value is -1.38. The van der Waals surface area contributed by atoms with Gasteiger partial charge in [-0.15, -0.1) is 11.3 Å². The first-order valence-electron chi connectivity index (χ1n) is 6.67. The summed E-state index contributed by atoms with van der Waals surface area (Å²) in [7, 11) is 1.67. The number of aromatic nitrogens is 1. The van der Waals surface area contributed by atoms with Crippen LogP contribution in [0.3, 0.4) is 0 Å². The zero-order valence-electron chi connectivity index (χ0n) is 12.0. The van der Waals surface area contributed by atoms with Gasteiger partial charge in [-0.3, -0.25) is 5.43 Å². The summed E-state index contributed by atoms with van der Waals surface area (Å²) < 4.78 is 5.09. The molecule has 1 aliphatic heterocycles. The number of hydrogen-bond donors (Lipinski definition) is 2. The molecule has 0 bridgehead atoms. The Labute approximate surface area is 123 Å². The summed E-state index contributed by atoms with van der Waals surface area (Å²) in [5.74, 6) is 6.32. The van der Waals surface area contributed by atoms with E-state index in [1.54, 1.807) is 18.4 Å². The van der Waals surface area contributed by atoms with Gasteiger partial charge < -0.3 is 14.5 Å². The molecule has 0 saturated carbocycles. The van der Waals surface area contributed by atoms with Gasteiger partial charge in [0.15, 0.2) is 5.13 Å². The smallest absolute Gasteiger partial charge is 0.208 e. The van der Waals surface area contributed by atoms with Crippen molar-refractivity contribution < 1.29 is 4.74 Å². The Morgan fingerprint density at radius 1 is 1.55 bits per heavy atom. The third-order valence-corrected chi connectivity index (χ3v) is 3.98. The van der Waals surface area contributed by atoms with Gasteiger partial charge in [-0.05, 0) is 6.92 Å². The largest absolute Gasteiger partial charge is 0.382 e. The fourth-order valence-electron chi connectivity index (χ4n) is 2.18. The van der Waals surface area contributed by atoms with Gasteiger partial charge in [-0.2, -0.15) is 0 Å². The van der Waals surface area contributed by atoms with Crippen LogP contribution in [0.4, 0.5) is 5.13 Å². The van der Waals surface area contributed by atoms with Crippen molar-refractivity contribution in [2.75, 3.05) is 44.8 Å². The van der Waals surface area contributed by atoms with Crippen molar-refractivity contribution in [3.8, 4) is 0 Å². The number of nitrogens with one attached hydrogen (secondary N) is 1. The maximum Gasteiger partial charge on any atom is 0.208 e. The fourth-order valence-corrected chi connectivity index (χ4v) is 2.88. The van der Waals surface area contributed by atoms with E-state index in [9.17, 15) is 0 Å². The monoisotopic (exact) mass is 298 g/mol. The molecule has 0 radical (unpaired) electrons. The molecule has 0 aromatic carbocycles. The molecule has 1 aromatic heterocycles. The van der Waals surface area contributed by atoms with Gasteiger partial charge in [0.05, 0.1) is 12.6 Å². The summed E-state index contributed by atoms with van der Waals surface area (Å²) in [4.78, 5) is 13.3. The number of methoxy groups -OCH3 is 1. The molecule has 0 aliphatic carbocycles. The maximum absolute atomic E-state index is 5.59. The van der Waals surface area contributed by atoms with Crippen LogP contribution in [0.1, 0.15) is 6.92 Å². The van der Waals surface area contributed by atoms with Crippen LogP contribution in [-0.2, 0) is 4.74 Å². The standard InChI is InChI=1S/C12H22N6OS/c1-10(9-19-2)15-11(16-13)17-4-6-18(7-5-17)12-14-3-8-20-12/h3,8,10H,4-7,9,13H2,1-2H3,(H,15,16). The predicted molar refractivity (Wildman–Crippen MR) is 82.0 cm³/mol. The first-order valence-corrected chi connectivity index (χ1v) is 7.55. The van der Waals surface area contributed by atoms with E-state index in [-0.39, 0.29) is 6.04 Å². The van der Waals surface area contributed by atoms with Crippen LogP contribution in [-0.4, -0.2) is 61.8 Å². The lowest BCUT2D eigenvalue weighted by molar-refractivity contribution is 0.185. The molecule has 112 valence electrons. The average molecular weight is 298 g/mol. The number of hydrazine groups is 1. The minimum absolute atomic E-state index is 0.0862. The van der Waals surface area contributed by atoms with Crippen molar-refractivity contribution in [1.29, 1.82) is 0 Å². The Morgan fingerprint density at radius 2 is 2.30 bits per heavy atom. The van der Waals surface area contributed by atoms with Gasteiger partial charge in [0.1, 0.15) is 0 Å². The molecule has 1 aromatic rings. The molecule has 7 nitrogen and oxygen atoms in total. The molecule has 0 spiro atoms. The van der Waals surface area contributed by atoms with Crippen LogP contribution in [0.15, 0.2) is 16.6 Å². The van der Waals surface area contributed by atoms with E-state index >= 15 is 0 Å². The summed E-state index contributed by atoms with van der Waals surface area (Å²) in [5, 5.41) is 3.08.